The normalized spacial score (nSPS) is 30.1. The maximum atomic E-state index is 10.1. The third-order valence-corrected chi connectivity index (χ3v) is 1.91. The van der Waals surface area contributed by atoms with Gasteiger partial charge in [0.2, 0.25) is 0 Å². The Kier molecular flexibility index (Phi) is 2.27. The van der Waals surface area contributed by atoms with Crippen LogP contribution in [-0.4, -0.2) is 23.2 Å². The summed E-state index contributed by atoms with van der Waals surface area (Å²) >= 11 is 0. The molecule has 3 nitrogen and oxygen atoms in total. The van der Waals surface area contributed by atoms with Gasteiger partial charge in [0.15, 0.2) is 0 Å². The standard InChI is InChI=1S/C7H13NO2/c1-2-5-6(8-5)3-4-7(9)10/h5-6,8H,2-4H2,1H3,(H,9,10). The number of hydrogen-bond donors (Lipinski definition) is 2. The Morgan fingerprint density at radius 2 is 2.30 bits per heavy atom. The van der Waals surface area contributed by atoms with Crippen LogP contribution < -0.4 is 5.32 Å². The largest absolute Gasteiger partial charge is 0.481 e. The third kappa shape index (κ3) is 1.99. The summed E-state index contributed by atoms with van der Waals surface area (Å²) in [4.78, 5) is 10.1. The molecule has 0 bridgehead atoms. The molecule has 2 atom stereocenters. The van der Waals surface area contributed by atoms with Crippen molar-refractivity contribution in [1.82, 2.24) is 5.32 Å². The lowest BCUT2D eigenvalue weighted by Crippen LogP contribution is -2.00. The second-order valence-corrected chi connectivity index (χ2v) is 2.72. The fourth-order valence-electron chi connectivity index (χ4n) is 1.19. The molecule has 3 heteroatoms. The number of carboxylic acid groups (broad SMARTS) is 1. The molecule has 1 fully saturated rings. The van der Waals surface area contributed by atoms with Gasteiger partial charge in [-0.15, -0.1) is 0 Å². The van der Waals surface area contributed by atoms with Gasteiger partial charge in [0, 0.05) is 18.5 Å². The molecular formula is C7H13NO2. The summed E-state index contributed by atoms with van der Waals surface area (Å²) in [5, 5.41) is 11.5. The van der Waals surface area contributed by atoms with E-state index >= 15 is 0 Å². The van der Waals surface area contributed by atoms with Crippen molar-refractivity contribution in [3.8, 4) is 0 Å². The molecule has 1 saturated heterocycles. The van der Waals surface area contributed by atoms with Crippen LogP contribution in [0.1, 0.15) is 26.2 Å². The molecule has 1 aliphatic heterocycles. The van der Waals surface area contributed by atoms with Crippen LogP contribution in [0.25, 0.3) is 0 Å². The minimum Gasteiger partial charge on any atom is -0.481 e. The van der Waals surface area contributed by atoms with E-state index in [1.54, 1.807) is 0 Å². The maximum absolute atomic E-state index is 10.1. The first-order valence-electron chi connectivity index (χ1n) is 3.72. The van der Waals surface area contributed by atoms with Crippen molar-refractivity contribution in [1.29, 1.82) is 0 Å². The van der Waals surface area contributed by atoms with Crippen molar-refractivity contribution in [2.75, 3.05) is 0 Å². The van der Waals surface area contributed by atoms with Crippen molar-refractivity contribution in [3.05, 3.63) is 0 Å². The lowest BCUT2D eigenvalue weighted by Gasteiger charge is -1.90. The summed E-state index contributed by atoms with van der Waals surface area (Å²) in [7, 11) is 0. The lowest BCUT2D eigenvalue weighted by atomic mass is 10.2. The van der Waals surface area contributed by atoms with E-state index in [0.29, 0.717) is 18.5 Å². The highest BCUT2D eigenvalue weighted by atomic mass is 16.4. The smallest absolute Gasteiger partial charge is 0.303 e. The Hall–Kier alpha value is -0.570. The summed E-state index contributed by atoms with van der Waals surface area (Å²) in [6.07, 6.45) is 2.20. The van der Waals surface area contributed by atoms with Crippen molar-refractivity contribution in [2.24, 2.45) is 0 Å². The van der Waals surface area contributed by atoms with Gasteiger partial charge in [-0.2, -0.15) is 0 Å². The Bertz CT molecular complexity index is 136. The fourth-order valence-corrected chi connectivity index (χ4v) is 1.19. The minimum atomic E-state index is -0.691. The van der Waals surface area contributed by atoms with Crippen LogP contribution in [-0.2, 0) is 4.79 Å². The fraction of sp³-hybridized carbons (Fsp3) is 0.857. The molecule has 2 N–H and O–H groups in total. The molecule has 1 heterocycles. The van der Waals surface area contributed by atoms with Gasteiger partial charge in [0.1, 0.15) is 0 Å². The summed E-state index contributed by atoms with van der Waals surface area (Å²) in [6.45, 7) is 2.11. The Balaban J connectivity index is 2.01. The first-order valence-corrected chi connectivity index (χ1v) is 3.72. The molecule has 0 spiro atoms. The quantitative estimate of drug-likeness (QED) is 0.566. The van der Waals surface area contributed by atoms with Crippen LogP contribution in [0.4, 0.5) is 0 Å². The van der Waals surface area contributed by atoms with Crippen LogP contribution in [0.15, 0.2) is 0 Å². The van der Waals surface area contributed by atoms with Gasteiger partial charge in [-0.25, -0.2) is 0 Å². The zero-order chi connectivity index (χ0) is 7.56. The zero-order valence-corrected chi connectivity index (χ0v) is 6.13. The van der Waals surface area contributed by atoms with Gasteiger partial charge in [-0.1, -0.05) is 6.92 Å². The van der Waals surface area contributed by atoms with Crippen molar-refractivity contribution < 1.29 is 9.90 Å². The van der Waals surface area contributed by atoms with Gasteiger partial charge < -0.3 is 10.4 Å². The van der Waals surface area contributed by atoms with Crippen LogP contribution in [0.2, 0.25) is 0 Å². The third-order valence-electron chi connectivity index (χ3n) is 1.91. The highest BCUT2D eigenvalue weighted by Gasteiger charge is 2.33. The van der Waals surface area contributed by atoms with Crippen LogP contribution in [0.3, 0.4) is 0 Å². The average molecular weight is 143 g/mol. The highest BCUT2D eigenvalue weighted by Crippen LogP contribution is 2.18. The van der Waals surface area contributed by atoms with Crippen LogP contribution in [0, 0.1) is 0 Å². The van der Waals surface area contributed by atoms with Crippen molar-refractivity contribution in [3.63, 3.8) is 0 Å². The molecule has 58 valence electrons. The molecular weight excluding hydrogens is 130 g/mol. The number of carbonyl (C=O) groups is 1. The van der Waals surface area contributed by atoms with E-state index < -0.39 is 5.97 Å². The average Bonchev–Trinajstić information content (AvgIpc) is 2.61. The number of hydrogen-bond acceptors (Lipinski definition) is 2. The van der Waals surface area contributed by atoms with Crippen LogP contribution in [0.5, 0.6) is 0 Å². The summed E-state index contributed by atoms with van der Waals surface area (Å²) in [5.41, 5.74) is 0. The predicted molar refractivity (Wildman–Crippen MR) is 37.9 cm³/mol. The van der Waals surface area contributed by atoms with Crippen molar-refractivity contribution in [2.45, 2.75) is 38.3 Å². The van der Waals surface area contributed by atoms with Gasteiger partial charge in [0.05, 0.1) is 0 Å². The molecule has 0 amide bonds. The molecule has 0 saturated carbocycles. The molecule has 0 aromatic rings. The molecule has 0 radical (unpaired) electrons. The Labute approximate surface area is 60.4 Å². The first kappa shape index (κ1) is 7.54. The molecule has 1 rings (SSSR count). The Morgan fingerprint density at radius 3 is 2.70 bits per heavy atom. The van der Waals surface area contributed by atoms with Crippen molar-refractivity contribution >= 4 is 5.97 Å². The van der Waals surface area contributed by atoms with E-state index in [0.717, 1.165) is 12.8 Å². The summed E-state index contributed by atoms with van der Waals surface area (Å²) in [6, 6.07) is 1.08. The van der Waals surface area contributed by atoms with E-state index in [4.69, 9.17) is 5.11 Å². The number of aliphatic carboxylic acids is 1. The Morgan fingerprint density at radius 1 is 1.60 bits per heavy atom. The second kappa shape index (κ2) is 3.01. The monoisotopic (exact) mass is 143 g/mol. The number of rotatable bonds is 4. The molecule has 1 aliphatic rings. The van der Waals surface area contributed by atoms with Gasteiger partial charge in [0.25, 0.3) is 0 Å². The second-order valence-electron chi connectivity index (χ2n) is 2.72. The summed E-state index contributed by atoms with van der Waals surface area (Å²) < 4.78 is 0. The SMILES string of the molecule is CCC1NC1CCC(=O)O. The molecule has 10 heavy (non-hydrogen) atoms. The van der Waals surface area contributed by atoms with Gasteiger partial charge in [-0.3, -0.25) is 4.79 Å². The van der Waals surface area contributed by atoms with Gasteiger partial charge in [-0.05, 0) is 12.8 Å². The maximum Gasteiger partial charge on any atom is 0.303 e. The van der Waals surface area contributed by atoms with E-state index in [1.165, 1.54) is 0 Å². The number of carboxylic acids is 1. The predicted octanol–water partition coefficient (Wildman–Crippen LogP) is 0.602. The molecule has 0 aliphatic carbocycles. The zero-order valence-electron chi connectivity index (χ0n) is 6.13. The van der Waals surface area contributed by atoms with E-state index in [9.17, 15) is 4.79 Å². The first-order chi connectivity index (χ1) is 4.74. The van der Waals surface area contributed by atoms with Crippen LogP contribution >= 0.6 is 0 Å². The molecule has 0 aromatic heterocycles. The molecule has 0 aromatic carbocycles. The van der Waals surface area contributed by atoms with Gasteiger partial charge >= 0.3 is 5.97 Å². The number of nitrogens with one attached hydrogen (secondary N) is 1. The highest BCUT2D eigenvalue weighted by molar-refractivity contribution is 5.66. The topological polar surface area (TPSA) is 59.2 Å². The minimum absolute atomic E-state index is 0.300. The lowest BCUT2D eigenvalue weighted by molar-refractivity contribution is -0.137. The molecule has 2 unspecified atom stereocenters. The summed E-state index contributed by atoms with van der Waals surface area (Å²) in [5.74, 6) is -0.691. The van der Waals surface area contributed by atoms with E-state index in [-0.39, 0.29) is 0 Å². The van der Waals surface area contributed by atoms with E-state index in [2.05, 4.69) is 12.2 Å². The van der Waals surface area contributed by atoms with E-state index in [1.807, 2.05) is 0 Å².